The lowest BCUT2D eigenvalue weighted by molar-refractivity contribution is 0.413. The second kappa shape index (κ2) is 4.01. The van der Waals surface area contributed by atoms with E-state index in [1.165, 1.54) is 5.56 Å². The first-order chi connectivity index (χ1) is 6.81. The standard InChI is InChI=1S/C12H17NO/c1-9-7-13-8-12(9)10-4-3-5-11(6-10)14-2/h3-6,9,12-13H,7-8H2,1-2H3/t9-,12-/m1/s1. The number of ether oxygens (including phenoxy) is 1. The van der Waals surface area contributed by atoms with E-state index in [2.05, 4.69) is 30.4 Å². The molecule has 1 N–H and O–H groups in total. The van der Waals surface area contributed by atoms with Crippen molar-refractivity contribution in [1.29, 1.82) is 0 Å². The molecule has 0 spiro atoms. The van der Waals surface area contributed by atoms with E-state index in [1.54, 1.807) is 7.11 Å². The van der Waals surface area contributed by atoms with Gasteiger partial charge in [0.15, 0.2) is 0 Å². The highest BCUT2D eigenvalue weighted by Gasteiger charge is 2.24. The molecule has 1 aliphatic rings. The minimum atomic E-state index is 0.644. The Morgan fingerprint density at radius 1 is 1.36 bits per heavy atom. The van der Waals surface area contributed by atoms with Gasteiger partial charge in [-0.3, -0.25) is 0 Å². The number of nitrogens with one attached hydrogen (secondary N) is 1. The normalized spacial score (nSPS) is 26.4. The van der Waals surface area contributed by atoms with Gasteiger partial charge in [0.25, 0.3) is 0 Å². The van der Waals surface area contributed by atoms with Crippen LogP contribution in [0.2, 0.25) is 0 Å². The van der Waals surface area contributed by atoms with E-state index in [4.69, 9.17) is 4.74 Å². The number of hydrogen-bond donors (Lipinski definition) is 1. The van der Waals surface area contributed by atoms with Gasteiger partial charge < -0.3 is 10.1 Å². The van der Waals surface area contributed by atoms with Crippen LogP contribution in [0.3, 0.4) is 0 Å². The Hall–Kier alpha value is -1.02. The van der Waals surface area contributed by atoms with Gasteiger partial charge in [-0.1, -0.05) is 19.1 Å². The molecule has 0 amide bonds. The average Bonchev–Trinajstić information content (AvgIpc) is 2.65. The third-order valence-electron chi connectivity index (χ3n) is 3.04. The Balaban J connectivity index is 2.22. The fourth-order valence-corrected chi connectivity index (χ4v) is 2.13. The zero-order chi connectivity index (χ0) is 9.97. The van der Waals surface area contributed by atoms with Crippen LogP contribution in [-0.2, 0) is 0 Å². The minimum absolute atomic E-state index is 0.644. The Kier molecular flexibility index (Phi) is 2.73. The summed E-state index contributed by atoms with van der Waals surface area (Å²) in [4.78, 5) is 0. The monoisotopic (exact) mass is 191 g/mol. The smallest absolute Gasteiger partial charge is 0.119 e. The van der Waals surface area contributed by atoms with Crippen LogP contribution in [0.4, 0.5) is 0 Å². The number of benzene rings is 1. The van der Waals surface area contributed by atoms with Gasteiger partial charge in [0.1, 0.15) is 5.75 Å². The molecule has 1 aliphatic heterocycles. The molecule has 2 atom stereocenters. The lowest BCUT2D eigenvalue weighted by Crippen LogP contribution is -2.08. The summed E-state index contributed by atoms with van der Waals surface area (Å²) in [6.45, 7) is 4.51. The molecule has 0 aliphatic carbocycles. The van der Waals surface area contributed by atoms with Gasteiger partial charge in [0.2, 0.25) is 0 Å². The van der Waals surface area contributed by atoms with Crippen molar-refractivity contribution >= 4 is 0 Å². The molecule has 1 aromatic rings. The lowest BCUT2D eigenvalue weighted by atomic mass is 9.90. The molecule has 0 saturated carbocycles. The lowest BCUT2D eigenvalue weighted by Gasteiger charge is -2.15. The molecule has 0 unspecified atom stereocenters. The predicted octanol–water partition coefficient (Wildman–Crippen LogP) is 2.02. The van der Waals surface area contributed by atoms with E-state index in [9.17, 15) is 0 Å². The SMILES string of the molecule is COc1cccc([C@@H]2CNC[C@H]2C)c1. The second-order valence-corrected chi connectivity index (χ2v) is 4.02. The van der Waals surface area contributed by atoms with Crippen LogP contribution in [0.15, 0.2) is 24.3 Å². The molecule has 14 heavy (non-hydrogen) atoms. The van der Waals surface area contributed by atoms with E-state index in [1.807, 2.05) is 6.07 Å². The van der Waals surface area contributed by atoms with Crippen LogP contribution in [-0.4, -0.2) is 20.2 Å². The largest absolute Gasteiger partial charge is 0.497 e. The summed E-state index contributed by atoms with van der Waals surface area (Å²) in [5, 5.41) is 3.42. The molecule has 0 aromatic heterocycles. The van der Waals surface area contributed by atoms with E-state index in [0.29, 0.717) is 5.92 Å². The molecular weight excluding hydrogens is 174 g/mol. The van der Waals surface area contributed by atoms with Crippen LogP contribution in [0.5, 0.6) is 5.75 Å². The second-order valence-electron chi connectivity index (χ2n) is 4.02. The van der Waals surface area contributed by atoms with Crippen molar-refractivity contribution in [1.82, 2.24) is 5.32 Å². The van der Waals surface area contributed by atoms with Crippen molar-refractivity contribution < 1.29 is 4.74 Å². The summed E-state index contributed by atoms with van der Waals surface area (Å²) in [6.07, 6.45) is 0. The Labute approximate surface area is 85.3 Å². The van der Waals surface area contributed by atoms with Gasteiger partial charge in [-0.2, -0.15) is 0 Å². The quantitative estimate of drug-likeness (QED) is 0.772. The molecule has 2 heteroatoms. The van der Waals surface area contributed by atoms with Crippen molar-refractivity contribution in [2.75, 3.05) is 20.2 Å². The van der Waals surface area contributed by atoms with E-state index in [-0.39, 0.29) is 0 Å². The summed E-state index contributed by atoms with van der Waals surface area (Å²) in [7, 11) is 1.72. The first-order valence-corrected chi connectivity index (χ1v) is 5.16. The van der Waals surface area contributed by atoms with Crippen LogP contribution < -0.4 is 10.1 Å². The Morgan fingerprint density at radius 3 is 2.86 bits per heavy atom. The van der Waals surface area contributed by atoms with Gasteiger partial charge in [-0.15, -0.1) is 0 Å². The van der Waals surface area contributed by atoms with E-state index >= 15 is 0 Å². The van der Waals surface area contributed by atoms with Gasteiger partial charge in [-0.05, 0) is 30.2 Å². The van der Waals surface area contributed by atoms with Crippen molar-refractivity contribution in [3.8, 4) is 5.75 Å². The highest BCUT2D eigenvalue weighted by atomic mass is 16.5. The third-order valence-corrected chi connectivity index (χ3v) is 3.04. The molecule has 1 aromatic carbocycles. The van der Waals surface area contributed by atoms with Gasteiger partial charge in [0.05, 0.1) is 7.11 Å². The fourth-order valence-electron chi connectivity index (χ4n) is 2.13. The predicted molar refractivity (Wildman–Crippen MR) is 57.8 cm³/mol. The highest BCUT2D eigenvalue weighted by Crippen LogP contribution is 2.29. The maximum absolute atomic E-state index is 5.23. The molecule has 76 valence electrons. The van der Waals surface area contributed by atoms with Crippen molar-refractivity contribution in [3.05, 3.63) is 29.8 Å². The summed E-state index contributed by atoms with van der Waals surface area (Å²) in [6, 6.07) is 8.40. The van der Waals surface area contributed by atoms with Crippen LogP contribution in [0, 0.1) is 5.92 Å². The maximum atomic E-state index is 5.23. The number of methoxy groups -OCH3 is 1. The Morgan fingerprint density at radius 2 is 2.21 bits per heavy atom. The van der Waals surface area contributed by atoms with Crippen molar-refractivity contribution in [2.45, 2.75) is 12.8 Å². The molecular formula is C12H17NO. The molecule has 1 fully saturated rings. The highest BCUT2D eigenvalue weighted by molar-refractivity contribution is 5.32. The maximum Gasteiger partial charge on any atom is 0.119 e. The number of hydrogen-bond acceptors (Lipinski definition) is 2. The Bertz CT molecular complexity index is 311. The van der Waals surface area contributed by atoms with Crippen LogP contribution in [0.1, 0.15) is 18.4 Å². The summed E-state index contributed by atoms with van der Waals surface area (Å²) >= 11 is 0. The number of rotatable bonds is 2. The van der Waals surface area contributed by atoms with Crippen LogP contribution >= 0.6 is 0 Å². The molecule has 2 nitrogen and oxygen atoms in total. The zero-order valence-corrected chi connectivity index (χ0v) is 8.79. The van der Waals surface area contributed by atoms with E-state index in [0.717, 1.165) is 24.8 Å². The van der Waals surface area contributed by atoms with Gasteiger partial charge in [-0.25, -0.2) is 0 Å². The molecule has 0 bridgehead atoms. The first kappa shape index (κ1) is 9.53. The third kappa shape index (κ3) is 1.75. The van der Waals surface area contributed by atoms with Gasteiger partial charge >= 0.3 is 0 Å². The zero-order valence-electron chi connectivity index (χ0n) is 8.79. The fraction of sp³-hybridized carbons (Fsp3) is 0.500. The topological polar surface area (TPSA) is 21.3 Å². The van der Waals surface area contributed by atoms with Crippen LogP contribution in [0.25, 0.3) is 0 Å². The molecule has 0 radical (unpaired) electrons. The van der Waals surface area contributed by atoms with Crippen molar-refractivity contribution in [3.63, 3.8) is 0 Å². The molecule has 2 rings (SSSR count). The summed E-state index contributed by atoms with van der Waals surface area (Å²) in [5.74, 6) is 2.33. The minimum Gasteiger partial charge on any atom is -0.497 e. The average molecular weight is 191 g/mol. The first-order valence-electron chi connectivity index (χ1n) is 5.16. The molecule has 1 heterocycles. The van der Waals surface area contributed by atoms with E-state index < -0.39 is 0 Å². The summed E-state index contributed by atoms with van der Waals surface area (Å²) in [5.41, 5.74) is 1.39. The van der Waals surface area contributed by atoms with Gasteiger partial charge in [0, 0.05) is 12.5 Å². The summed E-state index contributed by atoms with van der Waals surface area (Å²) < 4.78 is 5.23. The molecule has 1 saturated heterocycles. The van der Waals surface area contributed by atoms with Crippen molar-refractivity contribution in [2.24, 2.45) is 5.92 Å².